The van der Waals surface area contributed by atoms with Gasteiger partial charge in [-0.1, -0.05) is 0 Å². The molecule has 7 nitrogen and oxygen atoms in total. The molecule has 0 amide bonds. The summed E-state index contributed by atoms with van der Waals surface area (Å²) in [5.74, 6) is 0. The smallest absolute Gasteiger partial charge is 0.292 e. The molecule has 2 rings (SSSR count). The first kappa shape index (κ1) is 17.2. The summed E-state index contributed by atoms with van der Waals surface area (Å²) in [4.78, 5) is 12.9. The summed E-state index contributed by atoms with van der Waals surface area (Å²) in [6, 6.07) is 6.35. The van der Waals surface area contributed by atoms with E-state index < -0.39 is 4.92 Å². The van der Waals surface area contributed by atoms with Crippen molar-refractivity contribution >= 4 is 11.4 Å². The normalized spacial score (nSPS) is 21.6. The molecule has 1 heterocycles. The van der Waals surface area contributed by atoms with Crippen LogP contribution < -0.4 is 5.32 Å². The van der Waals surface area contributed by atoms with Crippen LogP contribution in [0.4, 0.5) is 11.4 Å². The van der Waals surface area contributed by atoms with Gasteiger partial charge in [0.2, 0.25) is 0 Å². The number of nitrogens with zero attached hydrogens (tertiary/aromatic N) is 3. The van der Waals surface area contributed by atoms with E-state index in [-0.39, 0.29) is 17.9 Å². The lowest BCUT2D eigenvalue weighted by Crippen LogP contribution is -2.45. The molecule has 1 aromatic carbocycles. The zero-order chi connectivity index (χ0) is 16.8. The first-order valence-electron chi connectivity index (χ1n) is 7.80. The van der Waals surface area contributed by atoms with Crippen LogP contribution in [0, 0.1) is 21.4 Å². The molecule has 0 spiro atoms. The van der Waals surface area contributed by atoms with Crippen LogP contribution in [0.1, 0.15) is 25.8 Å². The third-order valence-electron chi connectivity index (χ3n) is 3.78. The third-order valence-corrected chi connectivity index (χ3v) is 3.78. The Morgan fingerprint density at radius 3 is 2.74 bits per heavy atom. The molecule has 7 heteroatoms. The van der Waals surface area contributed by atoms with E-state index in [1.54, 1.807) is 0 Å². The minimum atomic E-state index is -0.436. The molecule has 2 atom stereocenters. The van der Waals surface area contributed by atoms with Crippen LogP contribution in [-0.4, -0.2) is 48.2 Å². The van der Waals surface area contributed by atoms with Gasteiger partial charge in [0.05, 0.1) is 28.8 Å². The molecule has 0 bridgehead atoms. The van der Waals surface area contributed by atoms with Gasteiger partial charge in [0.25, 0.3) is 5.69 Å². The number of anilines is 1. The Labute approximate surface area is 136 Å². The second kappa shape index (κ2) is 7.90. The summed E-state index contributed by atoms with van der Waals surface area (Å²) in [6.07, 6.45) is 1.34. The van der Waals surface area contributed by atoms with E-state index in [4.69, 9.17) is 10.00 Å². The Kier molecular flexibility index (Phi) is 5.90. The van der Waals surface area contributed by atoms with Crippen molar-refractivity contribution in [2.75, 3.05) is 31.5 Å². The molecular weight excluding hydrogens is 296 g/mol. The number of nitro groups is 1. The van der Waals surface area contributed by atoms with Gasteiger partial charge in [0, 0.05) is 32.2 Å². The summed E-state index contributed by atoms with van der Waals surface area (Å²) in [6.45, 7) is 7.49. The average Bonchev–Trinajstić information content (AvgIpc) is 2.50. The Morgan fingerprint density at radius 1 is 1.43 bits per heavy atom. The second-order valence-electron chi connectivity index (χ2n) is 5.90. The Morgan fingerprint density at radius 2 is 2.13 bits per heavy atom. The van der Waals surface area contributed by atoms with E-state index in [0.717, 1.165) is 26.1 Å². The van der Waals surface area contributed by atoms with E-state index in [9.17, 15) is 10.1 Å². The van der Waals surface area contributed by atoms with Gasteiger partial charge >= 0.3 is 0 Å². The first-order valence-corrected chi connectivity index (χ1v) is 7.80. The maximum atomic E-state index is 11.0. The van der Waals surface area contributed by atoms with Crippen LogP contribution in [0.2, 0.25) is 0 Å². The van der Waals surface area contributed by atoms with Crippen LogP contribution in [0.5, 0.6) is 0 Å². The van der Waals surface area contributed by atoms with Crippen molar-refractivity contribution in [1.29, 1.82) is 5.26 Å². The predicted octanol–water partition coefficient (Wildman–Crippen LogP) is 2.38. The number of ether oxygens (including phenoxy) is 1. The lowest BCUT2D eigenvalue weighted by molar-refractivity contribution is -0.384. The van der Waals surface area contributed by atoms with Crippen LogP contribution in [0.3, 0.4) is 0 Å². The number of morpholine rings is 1. The van der Waals surface area contributed by atoms with Gasteiger partial charge in [-0.25, -0.2) is 0 Å². The fourth-order valence-corrected chi connectivity index (χ4v) is 2.90. The zero-order valence-corrected chi connectivity index (χ0v) is 13.5. The molecule has 0 saturated carbocycles. The van der Waals surface area contributed by atoms with E-state index in [2.05, 4.69) is 24.1 Å². The highest BCUT2D eigenvalue weighted by Crippen LogP contribution is 2.25. The van der Waals surface area contributed by atoms with Gasteiger partial charge in [-0.3, -0.25) is 15.0 Å². The van der Waals surface area contributed by atoms with E-state index in [1.807, 2.05) is 6.07 Å². The van der Waals surface area contributed by atoms with Crippen molar-refractivity contribution in [2.24, 2.45) is 0 Å². The highest BCUT2D eigenvalue weighted by molar-refractivity contribution is 5.64. The number of rotatable bonds is 6. The molecule has 1 aliphatic rings. The molecule has 1 fully saturated rings. The molecule has 1 N–H and O–H groups in total. The lowest BCUT2D eigenvalue weighted by atomic mass is 10.2. The van der Waals surface area contributed by atoms with Crippen molar-refractivity contribution in [3.63, 3.8) is 0 Å². The number of benzene rings is 1. The molecule has 0 aliphatic carbocycles. The van der Waals surface area contributed by atoms with Crippen molar-refractivity contribution in [3.8, 4) is 6.07 Å². The third kappa shape index (κ3) is 4.91. The Bertz CT molecular complexity index is 589. The fraction of sp³-hybridized carbons (Fsp3) is 0.562. The molecular formula is C16H22N4O3. The maximum Gasteiger partial charge on any atom is 0.292 e. The number of nitrogens with one attached hydrogen (secondary N) is 1. The average molecular weight is 318 g/mol. The van der Waals surface area contributed by atoms with Gasteiger partial charge < -0.3 is 10.1 Å². The quantitative estimate of drug-likeness (QED) is 0.492. The van der Waals surface area contributed by atoms with Gasteiger partial charge in [-0.05, 0) is 32.4 Å². The molecule has 2 unspecified atom stereocenters. The monoisotopic (exact) mass is 318 g/mol. The van der Waals surface area contributed by atoms with E-state index >= 15 is 0 Å². The minimum absolute atomic E-state index is 0.00221. The zero-order valence-electron chi connectivity index (χ0n) is 13.5. The fourth-order valence-electron chi connectivity index (χ4n) is 2.90. The number of nitriles is 1. The molecule has 23 heavy (non-hydrogen) atoms. The highest BCUT2D eigenvalue weighted by atomic mass is 16.6. The van der Waals surface area contributed by atoms with Crippen LogP contribution in [-0.2, 0) is 4.74 Å². The standard InChI is InChI=1S/C16H22N4O3/c1-12-10-19(11-13(2)23-12)7-3-6-18-15-8-14(9-17)4-5-16(15)20(21)22/h4-5,8,12-13,18H,3,6-7,10-11H2,1-2H3. The molecule has 1 aromatic rings. The maximum absolute atomic E-state index is 11.0. The lowest BCUT2D eigenvalue weighted by Gasteiger charge is -2.35. The van der Waals surface area contributed by atoms with Crippen molar-refractivity contribution in [1.82, 2.24) is 4.90 Å². The molecule has 124 valence electrons. The predicted molar refractivity (Wildman–Crippen MR) is 87.4 cm³/mol. The van der Waals surface area contributed by atoms with Gasteiger partial charge in [0.1, 0.15) is 5.69 Å². The van der Waals surface area contributed by atoms with Crippen LogP contribution in [0.15, 0.2) is 18.2 Å². The van der Waals surface area contributed by atoms with Crippen LogP contribution in [0.25, 0.3) is 0 Å². The summed E-state index contributed by atoms with van der Waals surface area (Å²) in [5.41, 5.74) is 0.810. The summed E-state index contributed by atoms with van der Waals surface area (Å²) in [7, 11) is 0. The topological polar surface area (TPSA) is 91.4 Å². The van der Waals surface area contributed by atoms with E-state index in [1.165, 1.54) is 18.2 Å². The molecule has 0 aromatic heterocycles. The number of hydrogen-bond donors (Lipinski definition) is 1. The molecule has 0 radical (unpaired) electrons. The summed E-state index contributed by atoms with van der Waals surface area (Å²) in [5, 5.41) is 23.0. The summed E-state index contributed by atoms with van der Waals surface area (Å²) < 4.78 is 5.70. The van der Waals surface area contributed by atoms with Crippen molar-refractivity contribution in [3.05, 3.63) is 33.9 Å². The SMILES string of the molecule is CC1CN(CCCNc2cc(C#N)ccc2[N+](=O)[O-])CC(C)O1. The molecule has 1 aliphatic heterocycles. The second-order valence-corrected chi connectivity index (χ2v) is 5.90. The van der Waals surface area contributed by atoms with Gasteiger partial charge in [-0.15, -0.1) is 0 Å². The largest absolute Gasteiger partial charge is 0.379 e. The van der Waals surface area contributed by atoms with E-state index in [0.29, 0.717) is 17.8 Å². The Balaban J connectivity index is 1.86. The molecule has 1 saturated heterocycles. The van der Waals surface area contributed by atoms with Crippen molar-refractivity contribution < 1.29 is 9.66 Å². The highest BCUT2D eigenvalue weighted by Gasteiger charge is 2.21. The van der Waals surface area contributed by atoms with Gasteiger partial charge in [-0.2, -0.15) is 5.26 Å². The minimum Gasteiger partial charge on any atom is -0.379 e. The van der Waals surface area contributed by atoms with Gasteiger partial charge in [0.15, 0.2) is 0 Å². The van der Waals surface area contributed by atoms with Crippen LogP contribution >= 0.6 is 0 Å². The first-order chi connectivity index (χ1) is 11.0. The number of hydrogen-bond acceptors (Lipinski definition) is 6. The Hall–Kier alpha value is -2.17. The number of nitro benzene ring substituents is 1. The summed E-state index contributed by atoms with van der Waals surface area (Å²) >= 11 is 0. The van der Waals surface area contributed by atoms with Crippen molar-refractivity contribution in [2.45, 2.75) is 32.5 Å².